The SMILES string of the molecule is Nc1cc(Cl)ccc1NCCC(=O)N1CCCC1. The summed E-state index contributed by atoms with van der Waals surface area (Å²) < 4.78 is 0. The number of nitrogens with one attached hydrogen (secondary N) is 1. The van der Waals surface area contributed by atoms with Crippen LogP contribution in [0.3, 0.4) is 0 Å². The fourth-order valence-electron chi connectivity index (χ4n) is 2.12. The molecule has 1 amide bonds. The van der Waals surface area contributed by atoms with Crippen LogP contribution in [0.4, 0.5) is 11.4 Å². The summed E-state index contributed by atoms with van der Waals surface area (Å²) in [5.74, 6) is 0.215. The quantitative estimate of drug-likeness (QED) is 0.824. The van der Waals surface area contributed by atoms with Gasteiger partial charge in [0.15, 0.2) is 0 Å². The number of carbonyl (C=O) groups is 1. The molecule has 1 aromatic rings. The second-order valence-electron chi connectivity index (χ2n) is 4.50. The molecule has 0 spiro atoms. The highest BCUT2D eigenvalue weighted by atomic mass is 35.5. The van der Waals surface area contributed by atoms with Gasteiger partial charge in [0.25, 0.3) is 0 Å². The van der Waals surface area contributed by atoms with Gasteiger partial charge in [-0.25, -0.2) is 0 Å². The molecule has 1 heterocycles. The normalized spacial score (nSPS) is 14.8. The summed E-state index contributed by atoms with van der Waals surface area (Å²) in [5.41, 5.74) is 7.25. The predicted molar refractivity (Wildman–Crippen MR) is 74.8 cm³/mol. The Morgan fingerprint density at radius 2 is 2.11 bits per heavy atom. The number of nitrogens with two attached hydrogens (primary N) is 1. The molecule has 1 aliphatic rings. The number of hydrogen-bond acceptors (Lipinski definition) is 3. The van der Waals surface area contributed by atoms with Gasteiger partial charge in [-0.05, 0) is 31.0 Å². The molecule has 1 aliphatic heterocycles. The third kappa shape index (κ3) is 3.29. The Labute approximate surface area is 112 Å². The maximum atomic E-state index is 11.8. The van der Waals surface area contributed by atoms with Crippen LogP contribution in [0, 0.1) is 0 Å². The monoisotopic (exact) mass is 267 g/mol. The Bertz CT molecular complexity index is 430. The van der Waals surface area contributed by atoms with Crippen LogP contribution in [0.15, 0.2) is 18.2 Å². The van der Waals surface area contributed by atoms with E-state index in [2.05, 4.69) is 5.32 Å². The van der Waals surface area contributed by atoms with Crippen LogP contribution in [-0.2, 0) is 4.79 Å². The van der Waals surface area contributed by atoms with Crippen LogP contribution in [0.1, 0.15) is 19.3 Å². The summed E-state index contributed by atoms with van der Waals surface area (Å²) in [6, 6.07) is 5.31. The first-order valence-corrected chi connectivity index (χ1v) is 6.61. The summed E-state index contributed by atoms with van der Waals surface area (Å²) in [6.45, 7) is 2.41. The highest BCUT2D eigenvalue weighted by Gasteiger charge is 2.16. The third-order valence-corrected chi connectivity index (χ3v) is 3.36. The molecule has 4 nitrogen and oxygen atoms in total. The fraction of sp³-hybridized carbons (Fsp3) is 0.462. The molecule has 0 unspecified atom stereocenters. The summed E-state index contributed by atoms with van der Waals surface area (Å²) in [4.78, 5) is 13.7. The van der Waals surface area contributed by atoms with Crippen LogP contribution in [0.2, 0.25) is 5.02 Å². The van der Waals surface area contributed by atoms with Crippen LogP contribution in [0.5, 0.6) is 0 Å². The summed E-state index contributed by atoms with van der Waals surface area (Å²) in [6.07, 6.45) is 2.76. The first-order valence-electron chi connectivity index (χ1n) is 6.23. The highest BCUT2D eigenvalue weighted by molar-refractivity contribution is 6.31. The molecule has 0 atom stereocenters. The minimum Gasteiger partial charge on any atom is -0.397 e. The molecule has 98 valence electrons. The van der Waals surface area contributed by atoms with Crippen LogP contribution >= 0.6 is 11.6 Å². The molecule has 0 saturated carbocycles. The smallest absolute Gasteiger partial charge is 0.224 e. The van der Waals surface area contributed by atoms with Crippen molar-refractivity contribution >= 4 is 28.9 Å². The van der Waals surface area contributed by atoms with E-state index in [1.807, 2.05) is 11.0 Å². The van der Waals surface area contributed by atoms with Gasteiger partial charge in [0.1, 0.15) is 0 Å². The minimum absolute atomic E-state index is 0.215. The zero-order valence-electron chi connectivity index (χ0n) is 10.3. The number of benzene rings is 1. The number of anilines is 2. The Balaban J connectivity index is 1.79. The second-order valence-corrected chi connectivity index (χ2v) is 4.93. The molecular formula is C13H18ClN3O. The summed E-state index contributed by atoms with van der Waals surface area (Å²) >= 11 is 5.82. The number of likely N-dealkylation sites (tertiary alicyclic amines) is 1. The van der Waals surface area contributed by atoms with E-state index in [9.17, 15) is 4.79 Å². The third-order valence-electron chi connectivity index (χ3n) is 3.13. The molecule has 1 fully saturated rings. The van der Waals surface area contributed by atoms with E-state index in [0.717, 1.165) is 31.6 Å². The predicted octanol–water partition coefficient (Wildman–Crippen LogP) is 2.35. The Kier molecular flexibility index (Phi) is 4.31. The lowest BCUT2D eigenvalue weighted by atomic mass is 10.2. The number of nitrogen functional groups attached to an aromatic ring is 1. The van der Waals surface area contributed by atoms with Gasteiger partial charge in [-0.15, -0.1) is 0 Å². The average Bonchev–Trinajstić information content (AvgIpc) is 2.85. The van der Waals surface area contributed by atoms with Gasteiger partial charge in [0, 0.05) is 31.1 Å². The van der Waals surface area contributed by atoms with E-state index in [0.29, 0.717) is 23.7 Å². The zero-order valence-corrected chi connectivity index (χ0v) is 11.0. The fourth-order valence-corrected chi connectivity index (χ4v) is 2.30. The van der Waals surface area contributed by atoms with Gasteiger partial charge < -0.3 is 16.0 Å². The van der Waals surface area contributed by atoms with Crippen molar-refractivity contribution < 1.29 is 4.79 Å². The van der Waals surface area contributed by atoms with Crippen LogP contribution < -0.4 is 11.1 Å². The van der Waals surface area contributed by atoms with E-state index in [1.165, 1.54) is 0 Å². The number of amides is 1. The number of carbonyl (C=O) groups excluding carboxylic acids is 1. The van der Waals surface area contributed by atoms with E-state index >= 15 is 0 Å². The van der Waals surface area contributed by atoms with E-state index in [1.54, 1.807) is 12.1 Å². The van der Waals surface area contributed by atoms with Gasteiger partial charge in [0.2, 0.25) is 5.91 Å². The maximum Gasteiger partial charge on any atom is 0.224 e. The topological polar surface area (TPSA) is 58.4 Å². The molecule has 1 aromatic carbocycles. The lowest BCUT2D eigenvalue weighted by molar-refractivity contribution is -0.129. The van der Waals surface area contributed by atoms with E-state index in [4.69, 9.17) is 17.3 Å². The van der Waals surface area contributed by atoms with Gasteiger partial charge in [-0.3, -0.25) is 4.79 Å². The van der Waals surface area contributed by atoms with Crippen LogP contribution in [-0.4, -0.2) is 30.4 Å². The standard InChI is InChI=1S/C13H18ClN3O/c14-10-3-4-12(11(15)9-10)16-6-5-13(18)17-7-1-2-8-17/h3-4,9,16H,1-2,5-8,15H2. The summed E-state index contributed by atoms with van der Waals surface area (Å²) in [7, 11) is 0. The van der Waals surface area contributed by atoms with Gasteiger partial charge in [0.05, 0.1) is 11.4 Å². The highest BCUT2D eigenvalue weighted by Crippen LogP contribution is 2.22. The van der Waals surface area contributed by atoms with Crippen molar-refractivity contribution in [3.63, 3.8) is 0 Å². The van der Waals surface area contributed by atoms with Gasteiger partial charge in [-0.1, -0.05) is 11.6 Å². The zero-order chi connectivity index (χ0) is 13.0. The molecule has 3 N–H and O–H groups in total. The number of halogens is 1. The molecule has 0 bridgehead atoms. The van der Waals surface area contributed by atoms with Crippen molar-refractivity contribution in [2.45, 2.75) is 19.3 Å². The maximum absolute atomic E-state index is 11.8. The first kappa shape index (κ1) is 13.0. The number of hydrogen-bond donors (Lipinski definition) is 2. The molecule has 1 saturated heterocycles. The molecule has 18 heavy (non-hydrogen) atoms. The van der Waals surface area contributed by atoms with Crippen molar-refractivity contribution in [1.82, 2.24) is 4.90 Å². The molecule has 0 aromatic heterocycles. The molecular weight excluding hydrogens is 250 g/mol. The van der Waals surface area contributed by atoms with E-state index in [-0.39, 0.29) is 5.91 Å². The van der Waals surface area contributed by atoms with Crippen molar-refractivity contribution in [2.75, 3.05) is 30.7 Å². The average molecular weight is 268 g/mol. The Morgan fingerprint density at radius 3 is 2.78 bits per heavy atom. The second kappa shape index (κ2) is 5.96. The van der Waals surface area contributed by atoms with Gasteiger partial charge in [-0.2, -0.15) is 0 Å². The largest absolute Gasteiger partial charge is 0.397 e. The molecule has 0 radical (unpaired) electrons. The van der Waals surface area contributed by atoms with Crippen molar-refractivity contribution in [3.8, 4) is 0 Å². The minimum atomic E-state index is 0.215. The Morgan fingerprint density at radius 1 is 1.39 bits per heavy atom. The van der Waals surface area contributed by atoms with E-state index < -0.39 is 0 Å². The Hall–Kier alpha value is -1.42. The first-order chi connectivity index (χ1) is 8.66. The number of nitrogens with zero attached hydrogens (tertiary/aromatic N) is 1. The lowest BCUT2D eigenvalue weighted by Crippen LogP contribution is -2.29. The molecule has 2 rings (SSSR count). The van der Waals surface area contributed by atoms with Crippen molar-refractivity contribution in [3.05, 3.63) is 23.2 Å². The molecule has 0 aliphatic carbocycles. The summed E-state index contributed by atoms with van der Waals surface area (Å²) in [5, 5.41) is 3.78. The number of rotatable bonds is 4. The lowest BCUT2D eigenvalue weighted by Gasteiger charge is -2.16. The van der Waals surface area contributed by atoms with Crippen LogP contribution in [0.25, 0.3) is 0 Å². The van der Waals surface area contributed by atoms with Crippen molar-refractivity contribution in [1.29, 1.82) is 0 Å². The molecule has 5 heteroatoms. The van der Waals surface area contributed by atoms with Crippen molar-refractivity contribution in [2.24, 2.45) is 0 Å². The van der Waals surface area contributed by atoms with Gasteiger partial charge >= 0.3 is 0 Å².